The molecule has 0 saturated heterocycles. The predicted molar refractivity (Wildman–Crippen MR) is 112 cm³/mol. The fourth-order valence-electron chi connectivity index (χ4n) is 3.29. The number of aromatic nitrogens is 6. The molecule has 142 valence electrons. The molecule has 0 aliphatic rings. The van der Waals surface area contributed by atoms with Crippen molar-refractivity contribution in [2.75, 3.05) is 5.73 Å². The Hall–Kier alpha value is -4.04. The van der Waals surface area contributed by atoms with E-state index >= 15 is 0 Å². The number of hydrogen-bond donors (Lipinski definition) is 2. The summed E-state index contributed by atoms with van der Waals surface area (Å²) >= 11 is 0. The zero-order valence-electron chi connectivity index (χ0n) is 15.5. The van der Waals surface area contributed by atoms with Gasteiger partial charge in [0.2, 0.25) is 0 Å². The first-order valence-corrected chi connectivity index (χ1v) is 9.14. The second-order valence-electron chi connectivity index (χ2n) is 6.54. The van der Waals surface area contributed by atoms with Crippen LogP contribution in [0.1, 0.15) is 5.56 Å². The fourth-order valence-corrected chi connectivity index (χ4v) is 3.29. The molecule has 0 radical (unpaired) electrons. The number of benzene rings is 1. The Bertz CT molecular complexity index is 1290. The van der Waals surface area contributed by atoms with Crippen molar-refractivity contribution in [1.82, 2.24) is 29.3 Å². The van der Waals surface area contributed by atoms with Gasteiger partial charge in [0.1, 0.15) is 11.3 Å². The van der Waals surface area contributed by atoms with Crippen LogP contribution in [0.4, 0.5) is 5.82 Å². The highest BCUT2D eigenvalue weighted by Crippen LogP contribution is 2.30. The molecule has 0 spiro atoms. The van der Waals surface area contributed by atoms with E-state index in [9.17, 15) is 0 Å². The average molecular weight is 382 g/mol. The van der Waals surface area contributed by atoms with Crippen molar-refractivity contribution < 1.29 is 0 Å². The lowest BCUT2D eigenvalue weighted by molar-refractivity contribution is 0.849. The number of nitrogens with zero attached hydrogens (tertiary/aromatic N) is 6. The van der Waals surface area contributed by atoms with Gasteiger partial charge < -0.3 is 11.5 Å². The number of nitrogen functional groups attached to an aromatic ring is 1. The Morgan fingerprint density at radius 1 is 0.897 bits per heavy atom. The lowest BCUT2D eigenvalue weighted by Crippen LogP contribution is -2.04. The summed E-state index contributed by atoms with van der Waals surface area (Å²) in [7, 11) is 0. The number of anilines is 1. The van der Waals surface area contributed by atoms with Gasteiger partial charge >= 0.3 is 0 Å². The fraction of sp³-hybridized carbons (Fsp3) is 0.0476. The Kier molecular flexibility index (Phi) is 4.03. The van der Waals surface area contributed by atoms with Crippen LogP contribution in [0.15, 0.2) is 73.2 Å². The molecule has 4 aromatic heterocycles. The average Bonchev–Trinajstić information content (AvgIpc) is 3.42. The van der Waals surface area contributed by atoms with E-state index in [-0.39, 0.29) is 0 Å². The van der Waals surface area contributed by atoms with E-state index in [1.165, 1.54) is 0 Å². The van der Waals surface area contributed by atoms with Crippen molar-refractivity contribution in [2.45, 2.75) is 6.54 Å². The Labute approximate surface area is 166 Å². The van der Waals surface area contributed by atoms with Crippen molar-refractivity contribution in [3.63, 3.8) is 0 Å². The van der Waals surface area contributed by atoms with E-state index in [0.717, 1.165) is 22.3 Å². The van der Waals surface area contributed by atoms with Crippen molar-refractivity contribution in [1.29, 1.82) is 0 Å². The van der Waals surface area contributed by atoms with Gasteiger partial charge in [0.15, 0.2) is 17.3 Å². The smallest absolute Gasteiger partial charge is 0.167 e. The minimum Gasteiger partial charge on any atom is -0.383 e. The maximum Gasteiger partial charge on any atom is 0.167 e. The highest BCUT2D eigenvalue weighted by Gasteiger charge is 2.18. The summed E-state index contributed by atoms with van der Waals surface area (Å²) in [5, 5.41) is 4.28. The minimum atomic E-state index is 0.412. The van der Waals surface area contributed by atoms with Gasteiger partial charge in [0, 0.05) is 30.8 Å². The summed E-state index contributed by atoms with van der Waals surface area (Å²) in [5.74, 6) is 1.79. The Morgan fingerprint density at radius 3 is 2.48 bits per heavy atom. The van der Waals surface area contributed by atoms with E-state index in [0.29, 0.717) is 29.7 Å². The monoisotopic (exact) mass is 382 g/mol. The van der Waals surface area contributed by atoms with Gasteiger partial charge in [0.25, 0.3) is 0 Å². The number of rotatable bonds is 4. The molecule has 1 aromatic carbocycles. The number of fused-ring (bicyclic) bond motifs is 1. The molecule has 0 amide bonds. The Balaban J connectivity index is 1.80. The third-order valence-electron chi connectivity index (χ3n) is 4.74. The molecule has 0 atom stereocenters. The van der Waals surface area contributed by atoms with Crippen LogP contribution in [0.2, 0.25) is 0 Å². The van der Waals surface area contributed by atoms with Gasteiger partial charge in [-0.15, -0.1) is 0 Å². The van der Waals surface area contributed by atoms with E-state index < -0.39 is 0 Å². The van der Waals surface area contributed by atoms with E-state index in [1.54, 1.807) is 17.1 Å². The molecule has 0 fully saturated rings. The first kappa shape index (κ1) is 17.1. The molecule has 0 bridgehead atoms. The summed E-state index contributed by atoms with van der Waals surface area (Å²) < 4.78 is 3.70. The van der Waals surface area contributed by atoms with Crippen LogP contribution >= 0.6 is 0 Å². The van der Waals surface area contributed by atoms with Crippen molar-refractivity contribution >= 4 is 17.0 Å². The molecule has 8 heteroatoms. The zero-order chi connectivity index (χ0) is 19.8. The Morgan fingerprint density at radius 2 is 1.76 bits per heavy atom. The van der Waals surface area contributed by atoms with Crippen LogP contribution in [-0.4, -0.2) is 29.3 Å². The van der Waals surface area contributed by atoms with Crippen LogP contribution in [-0.2, 0) is 6.54 Å². The molecule has 5 rings (SSSR count). The van der Waals surface area contributed by atoms with Crippen molar-refractivity contribution in [2.24, 2.45) is 5.73 Å². The largest absolute Gasteiger partial charge is 0.383 e. The normalized spacial score (nSPS) is 11.2. The van der Waals surface area contributed by atoms with Crippen LogP contribution < -0.4 is 11.5 Å². The number of pyridine rings is 2. The molecule has 0 aliphatic heterocycles. The molecule has 0 saturated carbocycles. The molecule has 8 nitrogen and oxygen atoms in total. The van der Waals surface area contributed by atoms with Crippen molar-refractivity contribution in [3.8, 4) is 22.9 Å². The van der Waals surface area contributed by atoms with Gasteiger partial charge in [0.05, 0.1) is 5.56 Å². The number of hydrogen-bond acceptors (Lipinski definition) is 6. The van der Waals surface area contributed by atoms with Crippen LogP contribution in [0.3, 0.4) is 0 Å². The third kappa shape index (κ3) is 2.91. The maximum atomic E-state index is 6.16. The van der Waals surface area contributed by atoms with E-state index in [1.807, 2.05) is 65.4 Å². The summed E-state index contributed by atoms with van der Waals surface area (Å²) in [6, 6.07) is 17.4. The number of imidazole rings is 1. The molecule has 29 heavy (non-hydrogen) atoms. The van der Waals surface area contributed by atoms with Crippen LogP contribution in [0.5, 0.6) is 0 Å². The number of nitrogens with two attached hydrogens (primary N) is 2. The second-order valence-corrected chi connectivity index (χ2v) is 6.54. The lowest BCUT2D eigenvalue weighted by Gasteiger charge is -2.11. The van der Waals surface area contributed by atoms with Crippen molar-refractivity contribution in [3.05, 3.63) is 78.8 Å². The van der Waals surface area contributed by atoms with E-state index in [4.69, 9.17) is 21.4 Å². The molecular weight excluding hydrogens is 364 g/mol. The third-order valence-corrected chi connectivity index (χ3v) is 4.74. The molecular formula is C21H18N8. The second kappa shape index (κ2) is 6.84. The summed E-state index contributed by atoms with van der Waals surface area (Å²) in [6.45, 7) is 0.481. The first-order chi connectivity index (χ1) is 14.2. The lowest BCUT2D eigenvalue weighted by atomic mass is 10.2. The summed E-state index contributed by atoms with van der Waals surface area (Å²) in [4.78, 5) is 13.9. The highest BCUT2D eigenvalue weighted by molar-refractivity contribution is 5.83. The predicted octanol–water partition coefficient (Wildman–Crippen LogP) is 2.71. The molecule has 4 N–H and O–H groups in total. The zero-order valence-corrected chi connectivity index (χ0v) is 15.5. The first-order valence-electron chi connectivity index (χ1n) is 9.14. The topological polar surface area (TPSA) is 113 Å². The van der Waals surface area contributed by atoms with Gasteiger partial charge in [-0.3, -0.25) is 4.57 Å². The SMILES string of the molecule is NCc1ccc(-n2c(-c3cccnc3N)nc3ccc(-n4cccn4)nc32)cc1. The molecule has 5 aromatic rings. The van der Waals surface area contributed by atoms with Gasteiger partial charge in [-0.05, 0) is 48.0 Å². The molecule has 4 heterocycles. The van der Waals surface area contributed by atoms with Gasteiger partial charge in [-0.2, -0.15) is 5.10 Å². The van der Waals surface area contributed by atoms with Crippen LogP contribution in [0.25, 0.3) is 34.1 Å². The summed E-state index contributed by atoms with van der Waals surface area (Å²) in [5.41, 5.74) is 16.1. The van der Waals surface area contributed by atoms with Crippen LogP contribution in [0, 0.1) is 0 Å². The minimum absolute atomic E-state index is 0.412. The van der Waals surface area contributed by atoms with E-state index in [2.05, 4.69) is 10.1 Å². The highest BCUT2D eigenvalue weighted by atomic mass is 15.3. The quantitative estimate of drug-likeness (QED) is 0.494. The molecule has 0 unspecified atom stereocenters. The van der Waals surface area contributed by atoms with Gasteiger partial charge in [-0.25, -0.2) is 19.6 Å². The summed E-state index contributed by atoms with van der Waals surface area (Å²) in [6.07, 6.45) is 5.23. The standard InChI is InChI=1S/C21H18N8/c22-13-14-4-6-15(7-5-14)29-20(16-3-1-10-24-19(16)23)26-17-8-9-18(27-21(17)29)28-12-2-11-25-28/h1-12H,13,22H2,(H2,23,24). The van der Waals surface area contributed by atoms with Gasteiger partial charge in [-0.1, -0.05) is 12.1 Å². The molecule has 0 aliphatic carbocycles. The maximum absolute atomic E-state index is 6.16.